The topological polar surface area (TPSA) is 47.9 Å². The Hall–Kier alpha value is -1.66. The van der Waals surface area contributed by atoms with Gasteiger partial charge in [0.25, 0.3) is 0 Å². The smallest absolute Gasteiger partial charge is 0.422 e. The van der Waals surface area contributed by atoms with Crippen LogP contribution in [0.5, 0.6) is 0 Å². The summed E-state index contributed by atoms with van der Waals surface area (Å²) in [6.07, 6.45) is 0.703. The molecule has 0 saturated carbocycles. The summed E-state index contributed by atoms with van der Waals surface area (Å²) in [5, 5.41) is 9.69. The maximum absolute atomic E-state index is 9.69. The van der Waals surface area contributed by atoms with Crippen molar-refractivity contribution in [2.24, 2.45) is 0 Å². The fraction of sp³-hybridized carbons (Fsp3) is 0.250. The van der Waals surface area contributed by atoms with E-state index < -0.39 is 7.12 Å². The van der Waals surface area contributed by atoms with E-state index in [1.165, 1.54) is 0 Å². The first-order chi connectivity index (χ1) is 10.4. The summed E-state index contributed by atoms with van der Waals surface area (Å²) in [5.74, 6) is 0. The maximum Gasteiger partial charge on any atom is 0.523 e. The molecular formula is C16H19BO4. The van der Waals surface area contributed by atoms with Gasteiger partial charge in [-0.05, 0) is 17.4 Å². The van der Waals surface area contributed by atoms with Crippen LogP contribution in [0.15, 0.2) is 60.7 Å². The Balaban J connectivity index is 1.50. The van der Waals surface area contributed by atoms with E-state index in [2.05, 4.69) is 0 Å². The lowest BCUT2D eigenvalue weighted by atomic mass is 9.80. The summed E-state index contributed by atoms with van der Waals surface area (Å²) in [6, 6.07) is 19.1. The molecule has 0 aromatic heterocycles. The molecule has 0 spiro atoms. The fourth-order valence-electron chi connectivity index (χ4n) is 1.77. The van der Waals surface area contributed by atoms with Crippen molar-refractivity contribution in [1.29, 1.82) is 0 Å². The van der Waals surface area contributed by atoms with Gasteiger partial charge < -0.3 is 9.76 Å². The third kappa shape index (κ3) is 6.10. The van der Waals surface area contributed by atoms with Gasteiger partial charge in [-0.3, -0.25) is 4.81 Å². The van der Waals surface area contributed by atoms with Crippen molar-refractivity contribution in [3.8, 4) is 0 Å². The molecule has 0 aliphatic rings. The van der Waals surface area contributed by atoms with Crippen molar-refractivity contribution in [2.75, 3.05) is 13.2 Å². The van der Waals surface area contributed by atoms with Crippen molar-refractivity contribution >= 4 is 12.6 Å². The van der Waals surface area contributed by atoms with Gasteiger partial charge in [0.05, 0.1) is 13.2 Å². The average molecular weight is 286 g/mol. The molecule has 21 heavy (non-hydrogen) atoms. The average Bonchev–Trinajstić information content (AvgIpc) is 2.55. The molecule has 0 atom stereocenters. The predicted molar refractivity (Wildman–Crippen MR) is 81.8 cm³/mol. The Morgan fingerprint density at radius 1 is 0.857 bits per heavy atom. The zero-order chi connectivity index (χ0) is 14.8. The molecule has 0 amide bonds. The van der Waals surface area contributed by atoms with Crippen LogP contribution in [0.3, 0.4) is 0 Å². The predicted octanol–water partition coefficient (Wildman–Crippen LogP) is 1.93. The van der Waals surface area contributed by atoms with Crippen molar-refractivity contribution in [3.63, 3.8) is 0 Å². The van der Waals surface area contributed by atoms with Gasteiger partial charge in [-0.1, -0.05) is 60.7 Å². The van der Waals surface area contributed by atoms with Crippen molar-refractivity contribution < 1.29 is 19.5 Å². The molecular weight excluding hydrogens is 267 g/mol. The largest absolute Gasteiger partial charge is 0.523 e. The van der Waals surface area contributed by atoms with Crippen LogP contribution in [0.1, 0.15) is 12.0 Å². The van der Waals surface area contributed by atoms with Crippen LogP contribution in [0.25, 0.3) is 0 Å². The number of benzene rings is 2. The van der Waals surface area contributed by atoms with E-state index in [0.29, 0.717) is 31.7 Å². The van der Waals surface area contributed by atoms with E-state index in [1.54, 1.807) is 12.1 Å². The van der Waals surface area contributed by atoms with Crippen LogP contribution in [-0.4, -0.2) is 25.4 Å². The second-order valence-electron chi connectivity index (χ2n) is 4.57. The van der Waals surface area contributed by atoms with E-state index in [-0.39, 0.29) is 0 Å². The molecule has 0 radical (unpaired) electrons. The van der Waals surface area contributed by atoms with Gasteiger partial charge in [0.2, 0.25) is 0 Å². The van der Waals surface area contributed by atoms with Crippen LogP contribution in [0, 0.1) is 0 Å². The summed E-state index contributed by atoms with van der Waals surface area (Å²) in [5.41, 5.74) is 1.81. The van der Waals surface area contributed by atoms with Crippen LogP contribution in [0.2, 0.25) is 0 Å². The van der Waals surface area contributed by atoms with E-state index >= 15 is 0 Å². The monoisotopic (exact) mass is 286 g/mol. The highest BCUT2D eigenvalue weighted by Crippen LogP contribution is 2.01. The highest BCUT2D eigenvalue weighted by molar-refractivity contribution is 6.59. The summed E-state index contributed by atoms with van der Waals surface area (Å²) in [6.45, 7) is 1.55. The normalized spacial score (nSPS) is 10.5. The van der Waals surface area contributed by atoms with Gasteiger partial charge >= 0.3 is 7.12 Å². The molecule has 2 aromatic rings. The minimum absolute atomic E-state index is 0.374. The third-order valence-electron chi connectivity index (χ3n) is 2.87. The van der Waals surface area contributed by atoms with Gasteiger partial charge in [0.15, 0.2) is 0 Å². The molecule has 2 rings (SSSR count). The van der Waals surface area contributed by atoms with E-state index in [1.807, 2.05) is 48.5 Å². The quantitative estimate of drug-likeness (QED) is 0.331. The first-order valence-corrected chi connectivity index (χ1v) is 6.99. The van der Waals surface area contributed by atoms with Gasteiger partial charge in [-0.25, -0.2) is 4.89 Å². The number of hydrogen-bond acceptors (Lipinski definition) is 4. The first-order valence-electron chi connectivity index (χ1n) is 6.99. The highest BCUT2D eigenvalue weighted by Gasteiger charge is 2.16. The SMILES string of the molecule is OB(OOCCCOCc1ccccc1)c1ccccc1. The molecule has 5 heteroatoms. The molecule has 4 nitrogen and oxygen atoms in total. The third-order valence-corrected chi connectivity index (χ3v) is 2.87. The summed E-state index contributed by atoms with van der Waals surface area (Å²) >= 11 is 0. The fourth-order valence-corrected chi connectivity index (χ4v) is 1.77. The molecule has 2 aromatic carbocycles. The van der Waals surface area contributed by atoms with Gasteiger partial charge in [0.1, 0.15) is 0 Å². The van der Waals surface area contributed by atoms with Crippen LogP contribution in [-0.2, 0) is 21.0 Å². The molecule has 0 bridgehead atoms. The Morgan fingerprint density at radius 2 is 1.52 bits per heavy atom. The molecule has 0 heterocycles. The number of hydrogen-bond donors (Lipinski definition) is 1. The minimum Gasteiger partial charge on any atom is -0.422 e. The van der Waals surface area contributed by atoms with Crippen LogP contribution >= 0.6 is 0 Å². The zero-order valence-corrected chi connectivity index (χ0v) is 11.9. The lowest BCUT2D eigenvalue weighted by Crippen LogP contribution is -2.33. The van der Waals surface area contributed by atoms with Crippen molar-refractivity contribution in [3.05, 3.63) is 66.2 Å². The second kappa shape index (κ2) is 9.31. The lowest BCUT2D eigenvalue weighted by Gasteiger charge is -2.08. The Bertz CT molecular complexity index is 492. The number of ether oxygens (including phenoxy) is 1. The lowest BCUT2D eigenvalue weighted by molar-refractivity contribution is -0.222. The van der Waals surface area contributed by atoms with E-state index in [0.717, 1.165) is 5.56 Å². The summed E-state index contributed by atoms with van der Waals surface area (Å²) in [4.78, 5) is 9.87. The number of rotatable bonds is 9. The van der Waals surface area contributed by atoms with Gasteiger partial charge in [-0.15, -0.1) is 0 Å². The first kappa shape index (κ1) is 15.7. The van der Waals surface area contributed by atoms with Gasteiger partial charge in [0, 0.05) is 6.61 Å². The molecule has 0 unspecified atom stereocenters. The Labute approximate surface area is 125 Å². The van der Waals surface area contributed by atoms with Crippen molar-refractivity contribution in [1.82, 2.24) is 0 Å². The van der Waals surface area contributed by atoms with Crippen LogP contribution < -0.4 is 5.46 Å². The summed E-state index contributed by atoms with van der Waals surface area (Å²) < 4.78 is 5.51. The molecule has 0 saturated heterocycles. The van der Waals surface area contributed by atoms with Gasteiger partial charge in [-0.2, -0.15) is 0 Å². The zero-order valence-electron chi connectivity index (χ0n) is 11.9. The summed E-state index contributed by atoms with van der Waals surface area (Å²) in [7, 11) is -1.06. The Kier molecular flexibility index (Phi) is 6.97. The van der Waals surface area contributed by atoms with Crippen LogP contribution in [0.4, 0.5) is 0 Å². The molecule has 0 aliphatic heterocycles. The maximum atomic E-state index is 9.69. The standard InChI is InChI=1S/C16H19BO4/c18-17(16-10-5-2-6-11-16)21-20-13-7-12-19-14-15-8-3-1-4-9-15/h1-6,8-11,18H,7,12-14H2. The molecule has 0 aliphatic carbocycles. The highest BCUT2D eigenvalue weighted by atomic mass is 17.2. The second-order valence-corrected chi connectivity index (χ2v) is 4.57. The molecule has 110 valence electrons. The van der Waals surface area contributed by atoms with Crippen molar-refractivity contribution in [2.45, 2.75) is 13.0 Å². The van der Waals surface area contributed by atoms with E-state index in [4.69, 9.17) is 14.4 Å². The van der Waals surface area contributed by atoms with E-state index in [9.17, 15) is 5.02 Å². The molecule has 1 N–H and O–H groups in total. The molecule has 0 fully saturated rings. The Morgan fingerprint density at radius 3 is 2.24 bits per heavy atom. The minimum atomic E-state index is -1.06.